The van der Waals surface area contributed by atoms with E-state index in [1.165, 1.54) is 23.9 Å². The molecule has 2 N–H and O–H groups in total. The number of hydrogen-bond acceptors (Lipinski definition) is 4. The number of hydrogen-bond donors (Lipinski definition) is 2. The molecule has 0 aliphatic heterocycles. The molecule has 0 aliphatic rings. The van der Waals surface area contributed by atoms with Gasteiger partial charge in [-0.2, -0.15) is 0 Å². The van der Waals surface area contributed by atoms with E-state index in [0.717, 1.165) is 27.9 Å². The Morgan fingerprint density at radius 3 is 2.79 bits per heavy atom. The summed E-state index contributed by atoms with van der Waals surface area (Å²) in [5.74, 6) is 0.553. The van der Waals surface area contributed by atoms with E-state index in [4.69, 9.17) is 0 Å². The first kappa shape index (κ1) is 18.2. The number of carbonyl (C=O) groups is 1. The Hall–Kier alpha value is -3.13. The van der Waals surface area contributed by atoms with Crippen LogP contribution in [0.15, 0.2) is 59.9 Å². The molecular formula is C20H18FN5OS. The molecule has 6 nitrogen and oxygen atoms in total. The molecular weight excluding hydrogens is 377 g/mol. The van der Waals surface area contributed by atoms with Gasteiger partial charge in [-0.1, -0.05) is 42.1 Å². The molecule has 8 heteroatoms. The molecule has 0 atom stereocenters. The molecule has 0 saturated heterocycles. The van der Waals surface area contributed by atoms with E-state index >= 15 is 0 Å². The number of fused-ring (bicyclic) bond motifs is 1. The average Bonchev–Trinajstić information content (AvgIpc) is 3.29. The highest BCUT2D eigenvalue weighted by molar-refractivity contribution is 7.99. The molecule has 4 aromatic rings. The third-order valence-electron chi connectivity index (χ3n) is 4.40. The van der Waals surface area contributed by atoms with Gasteiger partial charge in [0.2, 0.25) is 5.91 Å². The number of aromatic amines is 1. The molecule has 1 amide bonds. The Balaban J connectivity index is 1.39. The molecule has 0 bridgehead atoms. The highest BCUT2D eigenvalue weighted by Gasteiger charge is 2.15. The van der Waals surface area contributed by atoms with Gasteiger partial charge in [0, 0.05) is 36.3 Å². The largest absolute Gasteiger partial charge is 0.360 e. The lowest BCUT2D eigenvalue weighted by Crippen LogP contribution is -2.24. The second kappa shape index (κ2) is 7.85. The van der Waals surface area contributed by atoms with Gasteiger partial charge in [0.05, 0.1) is 5.75 Å². The van der Waals surface area contributed by atoms with Gasteiger partial charge in [-0.15, -0.1) is 10.2 Å². The first-order chi connectivity index (χ1) is 13.6. The lowest BCUT2D eigenvalue weighted by Gasteiger charge is -2.06. The van der Waals surface area contributed by atoms with Crippen molar-refractivity contribution < 1.29 is 9.18 Å². The van der Waals surface area contributed by atoms with Crippen LogP contribution in [0.1, 0.15) is 5.56 Å². The summed E-state index contributed by atoms with van der Waals surface area (Å²) in [6.45, 7) is 0.360. The molecule has 4 rings (SSSR count). The fourth-order valence-corrected chi connectivity index (χ4v) is 3.66. The van der Waals surface area contributed by atoms with Crippen molar-refractivity contribution in [3.63, 3.8) is 0 Å². The maximum absolute atomic E-state index is 12.9. The minimum absolute atomic E-state index is 0.119. The maximum Gasteiger partial charge on any atom is 0.230 e. The Kier molecular flexibility index (Phi) is 5.12. The van der Waals surface area contributed by atoms with Gasteiger partial charge in [-0.25, -0.2) is 4.39 Å². The zero-order valence-electron chi connectivity index (χ0n) is 15.1. The normalized spacial score (nSPS) is 11.1. The van der Waals surface area contributed by atoms with Crippen LogP contribution in [0.3, 0.4) is 0 Å². The van der Waals surface area contributed by atoms with Crippen LogP contribution in [0.5, 0.6) is 0 Å². The fraction of sp³-hybridized carbons (Fsp3) is 0.150. The number of aromatic nitrogens is 4. The van der Waals surface area contributed by atoms with Crippen molar-refractivity contribution in [2.45, 2.75) is 11.7 Å². The molecule has 2 aromatic heterocycles. The van der Waals surface area contributed by atoms with Crippen molar-refractivity contribution in [1.29, 1.82) is 0 Å². The number of benzene rings is 2. The standard InChI is InChI=1S/C20H18FN5OS/c1-26-19(16-11-22-17-5-3-2-4-15(16)17)24-25-20(26)28-12-18(27)23-10-13-6-8-14(21)9-7-13/h2-9,11,22H,10,12H2,1H3,(H,23,27). The van der Waals surface area contributed by atoms with Crippen LogP contribution >= 0.6 is 11.8 Å². The lowest BCUT2D eigenvalue weighted by molar-refractivity contribution is -0.118. The SMILES string of the molecule is Cn1c(SCC(=O)NCc2ccc(F)cc2)nnc1-c1c[nH]c2ccccc12. The highest BCUT2D eigenvalue weighted by atomic mass is 32.2. The number of rotatable bonds is 6. The predicted molar refractivity (Wildman–Crippen MR) is 107 cm³/mol. The molecule has 0 radical (unpaired) electrons. The number of amides is 1. The molecule has 2 aromatic carbocycles. The summed E-state index contributed by atoms with van der Waals surface area (Å²) in [6.07, 6.45) is 1.92. The van der Waals surface area contributed by atoms with E-state index in [1.807, 2.05) is 42.1 Å². The topological polar surface area (TPSA) is 75.6 Å². The van der Waals surface area contributed by atoms with E-state index in [9.17, 15) is 9.18 Å². The fourth-order valence-electron chi connectivity index (χ4n) is 2.92. The molecule has 0 unspecified atom stereocenters. The van der Waals surface area contributed by atoms with E-state index in [1.54, 1.807) is 12.1 Å². The number of thioether (sulfide) groups is 1. The van der Waals surface area contributed by atoms with E-state index in [2.05, 4.69) is 20.5 Å². The summed E-state index contributed by atoms with van der Waals surface area (Å²) in [5.41, 5.74) is 2.85. The minimum atomic E-state index is -0.293. The smallest absolute Gasteiger partial charge is 0.230 e. The molecule has 28 heavy (non-hydrogen) atoms. The highest BCUT2D eigenvalue weighted by Crippen LogP contribution is 2.28. The molecule has 2 heterocycles. The summed E-state index contributed by atoms with van der Waals surface area (Å²) in [4.78, 5) is 15.3. The number of nitrogens with one attached hydrogen (secondary N) is 2. The van der Waals surface area contributed by atoms with Gasteiger partial charge in [0.25, 0.3) is 0 Å². The first-order valence-electron chi connectivity index (χ1n) is 8.71. The predicted octanol–water partition coefficient (Wildman–Crippen LogP) is 3.51. The van der Waals surface area contributed by atoms with Gasteiger partial charge in [-0.3, -0.25) is 4.79 Å². The summed E-state index contributed by atoms with van der Waals surface area (Å²) in [5, 5.41) is 13.1. The minimum Gasteiger partial charge on any atom is -0.360 e. The van der Waals surface area contributed by atoms with Crippen LogP contribution in [-0.4, -0.2) is 31.4 Å². The van der Waals surface area contributed by atoms with Crippen LogP contribution < -0.4 is 5.32 Å². The molecule has 0 aliphatic carbocycles. The monoisotopic (exact) mass is 395 g/mol. The molecule has 0 saturated carbocycles. The van der Waals surface area contributed by atoms with Gasteiger partial charge in [0.1, 0.15) is 5.82 Å². The quantitative estimate of drug-likeness (QED) is 0.490. The maximum atomic E-state index is 12.9. The van der Waals surface area contributed by atoms with Crippen molar-refractivity contribution >= 4 is 28.6 Å². The third-order valence-corrected chi connectivity index (χ3v) is 5.42. The van der Waals surface area contributed by atoms with Crippen molar-refractivity contribution in [1.82, 2.24) is 25.1 Å². The Labute approximate surface area is 165 Å². The molecule has 142 valence electrons. The summed E-state index contributed by atoms with van der Waals surface area (Å²) >= 11 is 1.32. The lowest BCUT2D eigenvalue weighted by atomic mass is 10.1. The van der Waals surface area contributed by atoms with Gasteiger partial charge in [0.15, 0.2) is 11.0 Å². The Morgan fingerprint density at radius 2 is 1.96 bits per heavy atom. The van der Waals surface area contributed by atoms with Gasteiger partial charge >= 0.3 is 0 Å². The second-order valence-electron chi connectivity index (χ2n) is 6.31. The Bertz CT molecular complexity index is 1120. The van der Waals surface area contributed by atoms with Crippen LogP contribution in [0.4, 0.5) is 4.39 Å². The molecule has 0 fully saturated rings. The number of para-hydroxylation sites is 1. The van der Waals surface area contributed by atoms with Crippen LogP contribution in [0, 0.1) is 5.82 Å². The summed E-state index contributed by atoms with van der Waals surface area (Å²) < 4.78 is 14.8. The van der Waals surface area contributed by atoms with Crippen LogP contribution in [0.25, 0.3) is 22.3 Å². The summed E-state index contributed by atoms with van der Waals surface area (Å²) in [7, 11) is 1.88. The van der Waals surface area contributed by atoms with Crippen LogP contribution in [-0.2, 0) is 18.4 Å². The average molecular weight is 395 g/mol. The van der Waals surface area contributed by atoms with Crippen molar-refractivity contribution in [3.05, 3.63) is 66.1 Å². The zero-order chi connectivity index (χ0) is 19.5. The van der Waals surface area contributed by atoms with Crippen molar-refractivity contribution in [2.75, 3.05) is 5.75 Å². The van der Waals surface area contributed by atoms with Gasteiger partial charge in [-0.05, 0) is 23.8 Å². The zero-order valence-corrected chi connectivity index (χ0v) is 16.0. The number of H-pyrrole nitrogens is 1. The van der Waals surface area contributed by atoms with Crippen molar-refractivity contribution in [3.8, 4) is 11.4 Å². The van der Waals surface area contributed by atoms with Gasteiger partial charge < -0.3 is 14.9 Å². The first-order valence-corrected chi connectivity index (χ1v) is 9.70. The summed E-state index contributed by atoms with van der Waals surface area (Å²) in [6, 6.07) is 14.1. The van der Waals surface area contributed by atoms with E-state index in [-0.39, 0.29) is 17.5 Å². The Morgan fingerprint density at radius 1 is 1.18 bits per heavy atom. The third kappa shape index (κ3) is 3.77. The number of nitrogens with zero attached hydrogens (tertiary/aromatic N) is 3. The van der Waals surface area contributed by atoms with Crippen LogP contribution in [0.2, 0.25) is 0 Å². The van der Waals surface area contributed by atoms with E-state index < -0.39 is 0 Å². The molecule has 0 spiro atoms. The second-order valence-corrected chi connectivity index (χ2v) is 7.25. The van der Waals surface area contributed by atoms with E-state index in [0.29, 0.717) is 11.7 Å². The number of halogens is 1. The number of carbonyl (C=O) groups excluding carboxylic acids is 1. The van der Waals surface area contributed by atoms with Crippen molar-refractivity contribution in [2.24, 2.45) is 7.05 Å².